The van der Waals surface area contributed by atoms with Crippen LogP contribution in [0.3, 0.4) is 0 Å². The number of benzene rings is 1. The lowest BCUT2D eigenvalue weighted by molar-refractivity contribution is 0.352. The largest absolute Gasteiger partial charge is 0.421 e. The van der Waals surface area contributed by atoms with Crippen LogP contribution in [0.4, 0.5) is 11.8 Å². The van der Waals surface area contributed by atoms with Crippen LogP contribution < -0.4 is 16.4 Å². The minimum absolute atomic E-state index is 0.131. The number of nitrogens with two attached hydrogens (primary N) is 2. The maximum absolute atomic E-state index is 6.23. The van der Waals surface area contributed by atoms with Gasteiger partial charge in [-0.15, -0.1) is 0 Å². The van der Waals surface area contributed by atoms with E-state index in [1.54, 1.807) is 12.1 Å². The molecule has 0 unspecified atom stereocenters. The number of nitrogen functional groups attached to an aromatic ring is 1. The number of aromatic nitrogens is 1. The third-order valence-electron chi connectivity index (χ3n) is 4.01. The van der Waals surface area contributed by atoms with Crippen LogP contribution in [-0.2, 0) is 0 Å². The summed E-state index contributed by atoms with van der Waals surface area (Å²) < 4.78 is 5.85. The molecule has 0 saturated carbocycles. The van der Waals surface area contributed by atoms with Crippen LogP contribution in [0, 0.1) is 0 Å². The highest BCUT2D eigenvalue weighted by Crippen LogP contribution is 2.38. The maximum atomic E-state index is 6.23. The van der Waals surface area contributed by atoms with Crippen molar-refractivity contribution in [1.29, 1.82) is 0 Å². The molecule has 2 heterocycles. The van der Waals surface area contributed by atoms with Crippen molar-refractivity contribution in [1.82, 2.24) is 4.98 Å². The zero-order valence-electron chi connectivity index (χ0n) is 12.3. The average Bonchev–Trinajstić information content (AvgIpc) is 2.84. The molecule has 0 bridgehead atoms. The minimum Gasteiger partial charge on any atom is -0.421 e. The second-order valence-corrected chi connectivity index (χ2v) is 6.74. The fourth-order valence-corrected chi connectivity index (χ4v) is 2.92. The Morgan fingerprint density at radius 3 is 2.64 bits per heavy atom. The molecule has 1 aliphatic rings. The Morgan fingerprint density at radius 2 is 1.95 bits per heavy atom. The quantitative estimate of drug-likeness (QED) is 0.873. The minimum atomic E-state index is -0.131. The number of anilines is 2. The number of halogens is 2. The number of hydrogen-bond donors (Lipinski definition) is 2. The molecule has 1 fully saturated rings. The monoisotopic (exact) mass is 340 g/mol. The predicted octanol–water partition coefficient (Wildman–Crippen LogP) is 3.55. The first-order valence-electron chi connectivity index (χ1n) is 7.12. The van der Waals surface area contributed by atoms with Gasteiger partial charge in [0.05, 0.1) is 10.0 Å². The molecule has 1 aromatic heterocycles. The summed E-state index contributed by atoms with van der Waals surface area (Å²) in [5.74, 6) is 0.754. The van der Waals surface area contributed by atoms with E-state index in [2.05, 4.69) is 11.9 Å². The molecule has 0 amide bonds. The van der Waals surface area contributed by atoms with Crippen LogP contribution in [0.25, 0.3) is 11.3 Å². The van der Waals surface area contributed by atoms with Crippen LogP contribution in [-0.4, -0.2) is 23.6 Å². The van der Waals surface area contributed by atoms with Crippen molar-refractivity contribution in [3.63, 3.8) is 0 Å². The standard InChI is InChI=1S/C15H18Cl2N4O/c1-15(19)5-7-21(8-6-15)14-20-13(18)12(22-14)9-3-2-4-10(16)11(9)17/h2-4H,5-8,18-19H2,1H3. The molecule has 22 heavy (non-hydrogen) atoms. The first kappa shape index (κ1) is 15.5. The van der Waals surface area contributed by atoms with Crippen molar-refractivity contribution < 1.29 is 4.42 Å². The van der Waals surface area contributed by atoms with Gasteiger partial charge < -0.3 is 20.8 Å². The SMILES string of the molecule is CC1(N)CCN(c2nc(N)c(-c3cccc(Cl)c3Cl)o2)CC1. The molecule has 118 valence electrons. The van der Waals surface area contributed by atoms with Crippen LogP contribution in [0.2, 0.25) is 10.0 Å². The molecule has 3 rings (SSSR count). The first-order valence-corrected chi connectivity index (χ1v) is 7.87. The van der Waals surface area contributed by atoms with Gasteiger partial charge in [-0.2, -0.15) is 4.98 Å². The molecule has 2 aromatic rings. The lowest BCUT2D eigenvalue weighted by Crippen LogP contribution is -2.48. The normalized spacial score (nSPS) is 17.7. The summed E-state index contributed by atoms with van der Waals surface area (Å²) in [6.45, 7) is 3.64. The summed E-state index contributed by atoms with van der Waals surface area (Å²) in [5, 5.41) is 0.861. The van der Waals surface area contributed by atoms with Gasteiger partial charge in [-0.25, -0.2) is 0 Å². The molecule has 1 aromatic carbocycles. The zero-order valence-corrected chi connectivity index (χ0v) is 13.8. The maximum Gasteiger partial charge on any atom is 0.299 e. The highest BCUT2D eigenvalue weighted by molar-refractivity contribution is 6.43. The molecule has 0 spiro atoms. The highest BCUT2D eigenvalue weighted by Gasteiger charge is 2.29. The Balaban J connectivity index is 1.90. The molecule has 0 aliphatic carbocycles. The van der Waals surface area contributed by atoms with Gasteiger partial charge in [-0.3, -0.25) is 0 Å². The van der Waals surface area contributed by atoms with E-state index in [1.807, 2.05) is 11.0 Å². The van der Waals surface area contributed by atoms with Gasteiger partial charge >= 0.3 is 0 Å². The summed E-state index contributed by atoms with van der Waals surface area (Å²) in [4.78, 5) is 6.37. The van der Waals surface area contributed by atoms with Crippen molar-refractivity contribution in [2.24, 2.45) is 5.73 Å². The van der Waals surface area contributed by atoms with E-state index < -0.39 is 0 Å². The number of piperidine rings is 1. The summed E-state index contributed by atoms with van der Waals surface area (Å²) in [7, 11) is 0. The number of nitrogens with zero attached hydrogens (tertiary/aromatic N) is 2. The van der Waals surface area contributed by atoms with Crippen molar-refractivity contribution in [3.05, 3.63) is 28.2 Å². The van der Waals surface area contributed by atoms with E-state index in [0.29, 0.717) is 33.2 Å². The number of oxazole rings is 1. The number of rotatable bonds is 2. The Morgan fingerprint density at radius 1 is 1.27 bits per heavy atom. The van der Waals surface area contributed by atoms with Crippen molar-refractivity contribution >= 4 is 35.0 Å². The Bertz CT molecular complexity index is 689. The van der Waals surface area contributed by atoms with Crippen molar-refractivity contribution in [2.75, 3.05) is 23.7 Å². The molecule has 0 radical (unpaired) electrons. The average molecular weight is 341 g/mol. The van der Waals surface area contributed by atoms with Crippen molar-refractivity contribution in [2.45, 2.75) is 25.3 Å². The van der Waals surface area contributed by atoms with Crippen LogP contribution >= 0.6 is 23.2 Å². The van der Waals surface area contributed by atoms with E-state index in [9.17, 15) is 0 Å². The molecule has 1 saturated heterocycles. The highest BCUT2D eigenvalue weighted by atomic mass is 35.5. The Labute approximate surface area is 139 Å². The molecule has 4 N–H and O–H groups in total. The van der Waals surface area contributed by atoms with Gasteiger partial charge in [0.15, 0.2) is 11.6 Å². The summed E-state index contributed by atoms with van der Waals surface area (Å²) in [6, 6.07) is 5.82. The van der Waals surface area contributed by atoms with E-state index in [0.717, 1.165) is 25.9 Å². The Kier molecular flexibility index (Phi) is 3.97. The fourth-order valence-electron chi connectivity index (χ4n) is 2.54. The van der Waals surface area contributed by atoms with E-state index in [4.69, 9.17) is 39.1 Å². The smallest absolute Gasteiger partial charge is 0.299 e. The zero-order chi connectivity index (χ0) is 15.9. The van der Waals surface area contributed by atoms with E-state index in [-0.39, 0.29) is 5.54 Å². The summed E-state index contributed by atoms with van der Waals surface area (Å²) in [6.07, 6.45) is 1.76. The fraction of sp³-hybridized carbons (Fsp3) is 0.400. The summed E-state index contributed by atoms with van der Waals surface area (Å²) >= 11 is 12.3. The topological polar surface area (TPSA) is 81.3 Å². The van der Waals surface area contributed by atoms with Gasteiger partial charge in [0.25, 0.3) is 6.01 Å². The third-order valence-corrected chi connectivity index (χ3v) is 4.83. The van der Waals surface area contributed by atoms with Gasteiger partial charge in [0, 0.05) is 24.2 Å². The van der Waals surface area contributed by atoms with Crippen LogP contribution in [0.1, 0.15) is 19.8 Å². The first-order chi connectivity index (χ1) is 10.4. The molecular formula is C15H18Cl2N4O. The molecule has 5 nitrogen and oxygen atoms in total. The second kappa shape index (κ2) is 5.65. The lowest BCUT2D eigenvalue weighted by atomic mass is 9.91. The van der Waals surface area contributed by atoms with Gasteiger partial charge in [-0.1, -0.05) is 29.3 Å². The van der Waals surface area contributed by atoms with Gasteiger partial charge in [-0.05, 0) is 31.9 Å². The van der Waals surface area contributed by atoms with E-state index in [1.165, 1.54) is 0 Å². The van der Waals surface area contributed by atoms with Crippen LogP contribution in [0.15, 0.2) is 22.6 Å². The van der Waals surface area contributed by atoms with Crippen molar-refractivity contribution in [3.8, 4) is 11.3 Å². The summed E-state index contributed by atoms with van der Waals surface area (Å²) in [5.41, 5.74) is 12.7. The second-order valence-electron chi connectivity index (χ2n) is 5.95. The predicted molar refractivity (Wildman–Crippen MR) is 90.4 cm³/mol. The molecular weight excluding hydrogens is 323 g/mol. The van der Waals surface area contributed by atoms with Gasteiger partial charge in [0.1, 0.15) is 0 Å². The molecule has 1 aliphatic heterocycles. The Hall–Kier alpha value is -1.43. The third kappa shape index (κ3) is 2.89. The molecule has 7 heteroatoms. The van der Waals surface area contributed by atoms with Crippen LogP contribution in [0.5, 0.6) is 0 Å². The molecule has 0 atom stereocenters. The number of hydrogen-bond acceptors (Lipinski definition) is 5. The van der Waals surface area contributed by atoms with Gasteiger partial charge in [0.2, 0.25) is 0 Å². The lowest BCUT2D eigenvalue weighted by Gasteiger charge is -2.35. The van der Waals surface area contributed by atoms with E-state index >= 15 is 0 Å².